The van der Waals surface area contributed by atoms with Crippen molar-refractivity contribution >= 4 is 62.3 Å². The number of halogens is 3. The van der Waals surface area contributed by atoms with Gasteiger partial charge in [0.15, 0.2) is 0 Å². The van der Waals surface area contributed by atoms with E-state index in [1.807, 2.05) is 0 Å². The van der Waals surface area contributed by atoms with Crippen LogP contribution in [-0.2, 0) is 26.2 Å². The Labute approximate surface area is 209 Å². The summed E-state index contributed by atoms with van der Waals surface area (Å²) in [5.41, 5.74) is 1.57. The number of hydrogen-bond acceptors (Lipinski definition) is 4. The van der Waals surface area contributed by atoms with Gasteiger partial charge in [0, 0.05) is 18.6 Å². The van der Waals surface area contributed by atoms with Gasteiger partial charge in [0.25, 0.3) is 0 Å². The Kier molecular flexibility index (Phi) is 9.43. The average molecular weight is 535 g/mol. The number of nitrogens with zero attached hydrogens (tertiary/aromatic N) is 2. The number of aryl methyl sites for hydroxylation is 1. The minimum Gasteiger partial charge on any atom is -0.357 e. The Morgan fingerprint density at radius 2 is 1.73 bits per heavy atom. The van der Waals surface area contributed by atoms with E-state index in [4.69, 9.17) is 34.8 Å². The van der Waals surface area contributed by atoms with Gasteiger partial charge in [-0.25, -0.2) is 8.42 Å². The molecule has 7 nitrogen and oxygen atoms in total. The monoisotopic (exact) mass is 533 g/mol. The number of likely N-dealkylation sites (N-methyl/N-ethyl adjacent to an activating group) is 1. The highest BCUT2D eigenvalue weighted by molar-refractivity contribution is 7.92. The van der Waals surface area contributed by atoms with Gasteiger partial charge in [-0.3, -0.25) is 13.9 Å². The van der Waals surface area contributed by atoms with Crippen LogP contribution in [0.2, 0.25) is 15.1 Å². The van der Waals surface area contributed by atoms with Crippen LogP contribution in [0.3, 0.4) is 0 Å². The molecular formula is C22H26Cl3N3O4S. The lowest BCUT2D eigenvalue weighted by atomic mass is 10.1. The van der Waals surface area contributed by atoms with Gasteiger partial charge in [0.05, 0.1) is 22.0 Å². The molecule has 0 unspecified atom stereocenters. The van der Waals surface area contributed by atoms with E-state index in [0.717, 1.165) is 10.6 Å². The molecule has 0 radical (unpaired) electrons. The molecule has 0 spiro atoms. The molecular weight excluding hydrogens is 509 g/mol. The smallest absolute Gasteiger partial charge is 0.244 e. The Morgan fingerprint density at radius 3 is 2.27 bits per heavy atom. The second-order valence-electron chi connectivity index (χ2n) is 7.51. The Hall–Kier alpha value is -2.00. The van der Waals surface area contributed by atoms with E-state index in [1.165, 1.54) is 18.0 Å². The molecule has 2 aromatic rings. The molecule has 2 amide bonds. The minimum absolute atomic E-state index is 0.0355. The molecule has 180 valence electrons. The van der Waals surface area contributed by atoms with E-state index in [1.54, 1.807) is 44.2 Å². The summed E-state index contributed by atoms with van der Waals surface area (Å²) in [7, 11) is -2.36. The van der Waals surface area contributed by atoms with Crippen LogP contribution in [0.25, 0.3) is 0 Å². The highest BCUT2D eigenvalue weighted by atomic mass is 35.5. The van der Waals surface area contributed by atoms with Gasteiger partial charge in [0.1, 0.15) is 12.6 Å². The fraction of sp³-hybridized carbons (Fsp3) is 0.364. The van der Waals surface area contributed by atoms with E-state index < -0.39 is 28.5 Å². The maximum Gasteiger partial charge on any atom is 0.244 e. The average Bonchev–Trinajstić information content (AvgIpc) is 2.75. The van der Waals surface area contributed by atoms with Crippen LogP contribution in [0.1, 0.15) is 24.5 Å². The molecule has 2 aromatic carbocycles. The van der Waals surface area contributed by atoms with Crippen molar-refractivity contribution in [3.63, 3.8) is 0 Å². The van der Waals surface area contributed by atoms with Crippen molar-refractivity contribution < 1.29 is 18.0 Å². The summed E-state index contributed by atoms with van der Waals surface area (Å²) in [6.45, 7) is 3.02. The normalized spacial score (nSPS) is 12.2. The van der Waals surface area contributed by atoms with Gasteiger partial charge in [-0.1, -0.05) is 53.9 Å². The van der Waals surface area contributed by atoms with Gasteiger partial charge >= 0.3 is 0 Å². The third-order valence-electron chi connectivity index (χ3n) is 5.09. The topological polar surface area (TPSA) is 86.8 Å². The number of carbonyl (C=O) groups is 2. The molecule has 0 aliphatic rings. The third-order valence-corrected chi connectivity index (χ3v) is 7.19. The third kappa shape index (κ3) is 6.99. The second-order valence-corrected chi connectivity index (χ2v) is 10.7. The molecule has 0 saturated carbocycles. The fourth-order valence-corrected chi connectivity index (χ4v) is 4.75. The van der Waals surface area contributed by atoms with Crippen LogP contribution < -0.4 is 9.62 Å². The van der Waals surface area contributed by atoms with E-state index in [9.17, 15) is 18.0 Å². The van der Waals surface area contributed by atoms with Gasteiger partial charge in [-0.15, -0.1) is 0 Å². The summed E-state index contributed by atoms with van der Waals surface area (Å²) < 4.78 is 26.2. The van der Waals surface area contributed by atoms with Crippen molar-refractivity contribution in [1.29, 1.82) is 0 Å². The van der Waals surface area contributed by atoms with Gasteiger partial charge < -0.3 is 10.2 Å². The van der Waals surface area contributed by atoms with Crippen molar-refractivity contribution in [2.45, 2.75) is 32.9 Å². The quantitative estimate of drug-likeness (QED) is 0.520. The first-order chi connectivity index (χ1) is 15.4. The fourth-order valence-electron chi connectivity index (χ4n) is 3.37. The van der Waals surface area contributed by atoms with Crippen LogP contribution in [0, 0.1) is 6.92 Å². The molecule has 0 aromatic heterocycles. The minimum atomic E-state index is -3.84. The van der Waals surface area contributed by atoms with Crippen molar-refractivity contribution in [1.82, 2.24) is 10.2 Å². The Morgan fingerprint density at radius 1 is 1.06 bits per heavy atom. The summed E-state index contributed by atoms with van der Waals surface area (Å²) >= 11 is 18.2. The second kappa shape index (κ2) is 11.4. The lowest BCUT2D eigenvalue weighted by Gasteiger charge is -2.33. The van der Waals surface area contributed by atoms with Crippen molar-refractivity contribution in [3.05, 3.63) is 62.6 Å². The maximum absolute atomic E-state index is 13.5. The molecule has 0 fully saturated rings. The number of nitrogens with one attached hydrogen (secondary N) is 1. The largest absolute Gasteiger partial charge is 0.357 e. The lowest BCUT2D eigenvalue weighted by molar-refractivity contribution is -0.140. The predicted octanol–water partition coefficient (Wildman–Crippen LogP) is 4.27. The molecule has 2 rings (SSSR count). The molecule has 0 bridgehead atoms. The number of rotatable bonds is 9. The lowest BCUT2D eigenvalue weighted by Crippen LogP contribution is -2.51. The summed E-state index contributed by atoms with van der Waals surface area (Å²) in [6.07, 6.45) is 1.34. The molecule has 1 N–H and O–H groups in total. The number of hydrogen-bond donors (Lipinski definition) is 1. The van der Waals surface area contributed by atoms with Crippen LogP contribution in [0.4, 0.5) is 5.69 Å². The zero-order valence-electron chi connectivity index (χ0n) is 18.7. The molecule has 0 aliphatic carbocycles. The zero-order valence-corrected chi connectivity index (χ0v) is 21.8. The maximum atomic E-state index is 13.5. The van der Waals surface area contributed by atoms with Crippen molar-refractivity contribution in [2.75, 3.05) is 24.2 Å². The van der Waals surface area contributed by atoms with E-state index >= 15 is 0 Å². The number of anilines is 1. The molecule has 33 heavy (non-hydrogen) atoms. The molecule has 0 saturated heterocycles. The van der Waals surface area contributed by atoms with E-state index in [2.05, 4.69) is 5.32 Å². The highest BCUT2D eigenvalue weighted by Crippen LogP contribution is 2.27. The van der Waals surface area contributed by atoms with Crippen LogP contribution in [-0.4, -0.2) is 51.0 Å². The number of amides is 2. The zero-order chi connectivity index (χ0) is 24.9. The summed E-state index contributed by atoms with van der Waals surface area (Å²) in [6, 6.07) is 8.88. The Bertz CT molecular complexity index is 1140. The molecule has 1 atom stereocenters. The van der Waals surface area contributed by atoms with Crippen LogP contribution >= 0.6 is 34.8 Å². The number of sulfonamides is 1. The molecule has 0 heterocycles. The molecule has 11 heteroatoms. The van der Waals surface area contributed by atoms with Gasteiger partial charge in [-0.05, 0) is 48.7 Å². The van der Waals surface area contributed by atoms with Gasteiger partial charge in [0.2, 0.25) is 21.8 Å². The predicted molar refractivity (Wildman–Crippen MR) is 134 cm³/mol. The summed E-state index contributed by atoms with van der Waals surface area (Å²) in [4.78, 5) is 27.4. The van der Waals surface area contributed by atoms with Crippen molar-refractivity contribution in [3.8, 4) is 0 Å². The van der Waals surface area contributed by atoms with E-state index in [-0.39, 0.29) is 12.5 Å². The molecule has 0 aliphatic heterocycles. The summed E-state index contributed by atoms with van der Waals surface area (Å²) in [5, 5.41) is 3.56. The van der Waals surface area contributed by atoms with Crippen molar-refractivity contribution in [2.24, 2.45) is 0 Å². The summed E-state index contributed by atoms with van der Waals surface area (Å²) in [5.74, 6) is -0.919. The Balaban J connectivity index is 2.49. The first-order valence-corrected chi connectivity index (χ1v) is 13.1. The first kappa shape index (κ1) is 27.2. The number of benzene rings is 2. The first-order valence-electron chi connectivity index (χ1n) is 10.1. The standard InChI is InChI=1S/C22H26Cl3N3O4S/c1-5-19(22(30)26-3)27(12-15-7-9-17(24)18(25)10-15)21(29)13-28(33(4,31)32)20-11-16(23)8-6-14(20)2/h6-11,19H,5,12-13H2,1-4H3,(H,26,30)/t19-/m0/s1. The highest BCUT2D eigenvalue weighted by Gasteiger charge is 2.31. The van der Waals surface area contributed by atoms with Gasteiger partial charge in [-0.2, -0.15) is 0 Å². The van der Waals surface area contributed by atoms with Crippen LogP contribution in [0.15, 0.2) is 36.4 Å². The van der Waals surface area contributed by atoms with E-state index in [0.29, 0.717) is 38.3 Å². The SMILES string of the molecule is CC[C@@H](C(=O)NC)N(Cc1ccc(Cl)c(Cl)c1)C(=O)CN(c1cc(Cl)ccc1C)S(C)(=O)=O. The van der Waals surface area contributed by atoms with Crippen LogP contribution in [0.5, 0.6) is 0 Å². The number of carbonyl (C=O) groups excluding carboxylic acids is 2.